The van der Waals surface area contributed by atoms with E-state index in [2.05, 4.69) is 0 Å². The maximum atomic E-state index is 12.4. The van der Waals surface area contributed by atoms with E-state index in [1.165, 1.54) is 12.1 Å². The summed E-state index contributed by atoms with van der Waals surface area (Å²) in [6.45, 7) is 3.60. The Morgan fingerprint density at radius 3 is 2.04 bits per heavy atom. The Kier molecular flexibility index (Phi) is 5.23. The monoisotopic (exact) mass is 393 g/mol. The number of benzene rings is 2. The molecule has 2 aromatic carbocycles. The van der Waals surface area contributed by atoms with Gasteiger partial charge in [-0.05, 0) is 37.1 Å². The van der Waals surface area contributed by atoms with Crippen LogP contribution in [-0.2, 0) is 0 Å². The van der Waals surface area contributed by atoms with Gasteiger partial charge in [0.1, 0.15) is 18.5 Å². The second-order valence-corrected chi connectivity index (χ2v) is 7.03. The first-order chi connectivity index (χ1) is 12.3. The van der Waals surface area contributed by atoms with Crippen LogP contribution in [0, 0.1) is 13.8 Å². The van der Waals surface area contributed by atoms with Crippen molar-refractivity contribution in [3.8, 4) is 5.75 Å². The Morgan fingerprint density at radius 2 is 1.54 bits per heavy atom. The number of carbonyl (C=O) groups excluding carboxylic acids is 2. The van der Waals surface area contributed by atoms with E-state index in [9.17, 15) is 14.7 Å². The summed E-state index contributed by atoms with van der Waals surface area (Å²) >= 11 is 11.8. The summed E-state index contributed by atoms with van der Waals surface area (Å²) in [6.07, 6.45) is -1.03. The third-order valence-corrected chi connectivity index (χ3v) is 4.96. The number of aryl methyl sites for hydroxylation is 2. The summed E-state index contributed by atoms with van der Waals surface area (Å²) in [5, 5.41) is 10.7. The van der Waals surface area contributed by atoms with E-state index >= 15 is 0 Å². The van der Waals surface area contributed by atoms with Gasteiger partial charge in [0, 0.05) is 0 Å². The van der Waals surface area contributed by atoms with Gasteiger partial charge in [-0.15, -0.1) is 0 Å². The Hall–Kier alpha value is -2.08. The highest BCUT2D eigenvalue weighted by molar-refractivity contribution is 6.43. The molecule has 0 saturated carbocycles. The molecule has 1 N–H and O–H groups in total. The minimum absolute atomic E-state index is 0.0411. The molecule has 0 fully saturated rings. The summed E-state index contributed by atoms with van der Waals surface area (Å²) in [5.74, 6) is -0.322. The van der Waals surface area contributed by atoms with Gasteiger partial charge in [-0.1, -0.05) is 41.4 Å². The van der Waals surface area contributed by atoms with E-state index in [0.717, 1.165) is 16.0 Å². The highest BCUT2D eigenvalue weighted by atomic mass is 35.5. The number of ether oxygens (including phenoxy) is 1. The van der Waals surface area contributed by atoms with Crippen molar-refractivity contribution in [3.05, 3.63) is 62.6 Å². The molecule has 1 atom stereocenters. The fourth-order valence-corrected chi connectivity index (χ4v) is 3.25. The number of halogens is 2. The number of β-amino-alcohol motifs (C(OH)–C–C–N with tert-alkyl or cyclic N) is 1. The molecule has 3 rings (SSSR count). The molecular formula is C19H17Cl2NO4. The molecular weight excluding hydrogens is 377 g/mol. The Morgan fingerprint density at radius 1 is 1.04 bits per heavy atom. The van der Waals surface area contributed by atoms with Crippen molar-refractivity contribution in [1.29, 1.82) is 0 Å². The Labute approximate surface area is 161 Å². The lowest BCUT2D eigenvalue weighted by atomic mass is 10.1. The molecule has 0 bridgehead atoms. The largest absolute Gasteiger partial charge is 0.490 e. The van der Waals surface area contributed by atoms with Crippen molar-refractivity contribution >= 4 is 35.0 Å². The van der Waals surface area contributed by atoms with Gasteiger partial charge in [-0.3, -0.25) is 14.5 Å². The summed E-state index contributed by atoms with van der Waals surface area (Å²) < 4.78 is 5.68. The quantitative estimate of drug-likeness (QED) is 0.787. The second kappa shape index (κ2) is 7.27. The van der Waals surface area contributed by atoms with Crippen LogP contribution in [0.5, 0.6) is 5.75 Å². The van der Waals surface area contributed by atoms with Gasteiger partial charge in [0.05, 0.1) is 27.7 Å². The predicted octanol–water partition coefficient (Wildman–Crippen LogP) is 3.65. The van der Waals surface area contributed by atoms with E-state index in [0.29, 0.717) is 5.75 Å². The van der Waals surface area contributed by atoms with Gasteiger partial charge < -0.3 is 9.84 Å². The molecule has 1 heterocycles. The number of para-hydroxylation sites is 1. The van der Waals surface area contributed by atoms with Crippen LogP contribution in [0.4, 0.5) is 0 Å². The van der Waals surface area contributed by atoms with Crippen LogP contribution >= 0.6 is 23.2 Å². The van der Waals surface area contributed by atoms with Gasteiger partial charge in [-0.25, -0.2) is 0 Å². The molecule has 0 aromatic heterocycles. The number of nitrogens with zero attached hydrogens (tertiary/aromatic N) is 1. The summed E-state index contributed by atoms with van der Waals surface area (Å²) in [5.41, 5.74) is 2.27. The number of carbonyl (C=O) groups is 2. The summed E-state index contributed by atoms with van der Waals surface area (Å²) in [4.78, 5) is 25.9. The van der Waals surface area contributed by atoms with Crippen LogP contribution in [0.3, 0.4) is 0 Å². The molecule has 7 heteroatoms. The third kappa shape index (κ3) is 3.43. The third-order valence-electron chi connectivity index (χ3n) is 4.23. The Bertz CT molecular complexity index is 836. The number of hydrogen-bond acceptors (Lipinski definition) is 4. The molecule has 0 radical (unpaired) electrons. The van der Waals surface area contributed by atoms with Crippen molar-refractivity contribution in [2.24, 2.45) is 0 Å². The molecule has 1 aliphatic rings. The maximum Gasteiger partial charge on any atom is 0.261 e. The SMILES string of the molecule is Cc1cccc(C)c1OC[C@H](O)CN1C(=O)c2cc(Cl)c(Cl)cc2C1=O. The van der Waals surface area contributed by atoms with Crippen LogP contribution < -0.4 is 4.74 Å². The predicted molar refractivity (Wildman–Crippen MR) is 99.2 cm³/mol. The smallest absolute Gasteiger partial charge is 0.261 e. The van der Waals surface area contributed by atoms with Crippen LogP contribution in [0.15, 0.2) is 30.3 Å². The summed E-state index contributed by atoms with van der Waals surface area (Å²) in [6, 6.07) is 8.49. The molecule has 2 amide bonds. The lowest BCUT2D eigenvalue weighted by Crippen LogP contribution is -2.39. The van der Waals surface area contributed by atoms with Gasteiger partial charge in [0.25, 0.3) is 11.8 Å². The zero-order valence-electron chi connectivity index (χ0n) is 14.3. The number of hydrogen-bond donors (Lipinski definition) is 1. The molecule has 2 aromatic rings. The van der Waals surface area contributed by atoms with Gasteiger partial charge in [0.2, 0.25) is 0 Å². The van der Waals surface area contributed by atoms with Crippen LogP contribution in [0.1, 0.15) is 31.8 Å². The van der Waals surface area contributed by atoms with E-state index < -0.39 is 17.9 Å². The van der Waals surface area contributed by atoms with Gasteiger partial charge in [0.15, 0.2) is 0 Å². The molecule has 26 heavy (non-hydrogen) atoms. The standard InChI is InChI=1S/C19H17Cl2NO4/c1-10-4-3-5-11(2)17(10)26-9-12(23)8-22-18(24)13-6-15(20)16(21)7-14(13)19(22)25/h3-7,12,23H,8-9H2,1-2H3/t12-/m1/s1. The minimum atomic E-state index is -1.03. The number of imide groups is 1. The lowest BCUT2D eigenvalue weighted by Gasteiger charge is -2.20. The maximum absolute atomic E-state index is 12.4. The van der Waals surface area contributed by atoms with Crippen LogP contribution in [-0.4, -0.2) is 41.1 Å². The topological polar surface area (TPSA) is 66.8 Å². The van der Waals surface area contributed by atoms with Crippen molar-refractivity contribution in [1.82, 2.24) is 4.90 Å². The molecule has 1 aliphatic heterocycles. The van der Waals surface area contributed by atoms with E-state index in [4.69, 9.17) is 27.9 Å². The van der Waals surface area contributed by atoms with Crippen LogP contribution in [0.2, 0.25) is 10.0 Å². The van der Waals surface area contributed by atoms with Gasteiger partial charge >= 0.3 is 0 Å². The minimum Gasteiger partial charge on any atom is -0.490 e. The molecule has 0 unspecified atom stereocenters. The number of amides is 2. The first kappa shape index (κ1) is 18.7. The first-order valence-corrected chi connectivity index (χ1v) is 8.77. The normalized spacial score (nSPS) is 14.6. The van der Waals surface area contributed by atoms with Crippen LogP contribution in [0.25, 0.3) is 0 Å². The summed E-state index contributed by atoms with van der Waals surface area (Å²) in [7, 11) is 0. The number of fused-ring (bicyclic) bond motifs is 1. The fraction of sp³-hybridized carbons (Fsp3) is 0.263. The number of rotatable bonds is 5. The Balaban J connectivity index is 1.69. The van der Waals surface area contributed by atoms with E-state index in [-0.39, 0.29) is 34.3 Å². The highest BCUT2D eigenvalue weighted by Gasteiger charge is 2.37. The number of aliphatic hydroxyl groups excluding tert-OH is 1. The first-order valence-electron chi connectivity index (χ1n) is 8.02. The van der Waals surface area contributed by atoms with Gasteiger partial charge in [-0.2, -0.15) is 0 Å². The zero-order chi connectivity index (χ0) is 19.0. The molecule has 5 nitrogen and oxygen atoms in total. The van der Waals surface area contributed by atoms with Crippen molar-refractivity contribution in [2.75, 3.05) is 13.2 Å². The highest BCUT2D eigenvalue weighted by Crippen LogP contribution is 2.31. The molecule has 0 saturated heterocycles. The molecule has 136 valence electrons. The van der Waals surface area contributed by atoms with Crippen molar-refractivity contribution in [2.45, 2.75) is 20.0 Å². The second-order valence-electron chi connectivity index (χ2n) is 6.22. The average Bonchev–Trinajstić information content (AvgIpc) is 2.80. The molecule has 0 aliphatic carbocycles. The molecule has 0 spiro atoms. The number of aliphatic hydroxyl groups is 1. The van der Waals surface area contributed by atoms with E-state index in [1.807, 2.05) is 32.0 Å². The van der Waals surface area contributed by atoms with Crippen molar-refractivity contribution < 1.29 is 19.4 Å². The van der Waals surface area contributed by atoms with E-state index in [1.54, 1.807) is 0 Å². The lowest BCUT2D eigenvalue weighted by molar-refractivity contribution is 0.0455. The fourth-order valence-electron chi connectivity index (χ4n) is 2.92. The van der Waals surface area contributed by atoms with Crippen molar-refractivity contribution in [3.63, 3.8) is 0 Å². The average molecular weight is 394 g/mol. The zero-order valence-corrected chi connectivity index (χ0v) is 15.8.